The molecule has 0 fully saturated rings. The predicted molar refractivity (Wildman–Crippen MR) is 45.9 cm³/mol. The zero-order chi connectivity index (χ0) is 10.6. The van der Waals surface area contributed by atoms with E-state index in [9.17, 15) is 4.79 Å². The maximum absolute atomic E-state index is 10.8. The summed E-state index contributed by atoms with van der Waals surface area (Å²) in [7, 11) is 0. The van der Waals surface area contributed by atoms with Gasteiger partial charge in [0.1, 0.15) is 6.61 Å². The molecule has 14 heavy (non-hydrogen) atoms. The second-order valence-electron chi connectivity index (χ2n) is 2.29. The SMILES string of the molecule is C=CCOC(=O)On1c(O)ccc1O. The van der Waals surface area contributed by atoms with Gasteiger partial charge in [-0.25, -0.2) is 4.79 Å². The third-order valence-electron chi connectivity index (χ3n) is 1.28. The lowest BCUT2D eigenvalue weighted by Crippen LogP contribution is -2.20. The van der Waals surface area contributed by atoms with E-state index in [1.165, 1.54) is 6.08 Å². The number of carbonyl (C=O) groups excluding carboxylic acids is 1. The summed E-state index contributed by atoms with van der Waals surface area (Å²) in [6.07, 6.45) is 0.308. The highest BCUT2D eigenvalue weighted by molar-refractivity contribution is 5.60. The largest absolute Gasteiger partial charge is 0.534 e. The lowest BCUT2D eigenvalue weighted by molar-refractivity contribution is 0.0420. The van der Waals surface area contributed by atoms with Crippen LogP contribution in [-0.2, 0) is 4.74 Å². The van der Waals surface area contributed by atoms with Crippen molar-refractivity contribution in [3.63, 3.8) is 0 Å². The molecular weight excluding hydrogens is 190 g/mol. The molecular formula is C8H9NO5. The van der Waals surface area contributed by atoms with Crippen molar-refractivity contribution in [3.05, 3.63) is 24.8 Å². The first-order chi connectivity index (χ1) is 6.65. The minimum Gasteiger partial charge on any atom is -0.492 e. The van der Waals surface area contributed by atoms with Crippen molar-refractivity contribution in [2.24, 2.45) is 0 Å². The molecule has 0 aromatic carbocycles. The Morgan fingerprint density at radius 1 is 1.50 bits per heavy atom. The minimum atomic E-state index is -1.05. The van der Waals surface area contributed by atoms with Gasteiger partial charge in [0, 0.05) is 12.1 Å². The highest BCUT2D eigenvalue weighted by Gasteiger charge is 2.12. The Balaban J connectivity index is 2.59. The molecule has 0 atom stereocenters. The fraction of sp³-hybridized carbons (Fsp3) is 0.125. The standard InChI is InChI=1S/C8H9NO5/c1-2-5-13-8(12)14-9-6(10)3-4-7(9)11/h2-4,10-11H,1,5H2. The summed E-state index contributed by atoms with van der Waals surface area (Å²) in [4.78, 5) is 15.3. The zero-order valence-electron chi connectivity index (χ0n) is 7.21. The summed E-state index contributed by atoms with van der Waals surface area (Å²) in [5, 5.41) is 18.1. The Kier molecular flexibility index (Phi) is 3.01. The summed E-state index contributed by atoms with van der Waals surface area (Å²) in [6.45, 7) is 3.31. The first kappa shape index (κ1) is 9.97. The third kappa shape index (κ3) is 2.19. The van der Waals surface area contributed by atoms with Gasteiger partial charge < -0.3 is 14.9 Å². The summed E-state index contributed by atoms with van der Waals surface area (Å²) >= 11 is 0. The lowest BCUT2D eigenvalue weighted by atomic mass is 10.6. The van der Waals surface area contributed by atoms with Gasteiger partial charge in [-0.1, -0.05) is 12.7 Å². The minimum absolute atomic E-state index is 0.0123. The molecule has 2 N–H and O–H groups in total. The van der Waals surface area contributed by atoms with Crippen LogP contribution < -0.4 is 4.84 Å². The van der Waals surface area contributed by atoms with Crippen LogP contribution in [0, 0.1) is 0 Å². The second-order valence-corrected chi connectivity index (χ2v) is 2.29. The Bertz CT molecular complexity index is 324. The van der Waals surface area contributed by atoms with E-state index >= 15 is 0 Å². The highest BCUT2D eigenvalue weighted by atomic mass is 16.8. The van der Waals surface area contributed by atoms with Crippen LogP contribution in [0.3, 0.4) is 0 Å². The number of hydrogen-bond donors (Lipinski definition) is 2. The molecule has 0 radical (unpaired) electrons. The average molecular weight is 199 g/mol. The quantitative estimate of drug-likeness (QED) is 0.551. The molecule has 1 aromatic rings. The second kappa shape index (κ2) is 4.22. The van der Waals surface area contributed by atoms with Crippen LogP contribution in [0.15, 0.2) is 24.8 Å². The smallest absolute Gasteiger partial charge is 0.492 e. The molecule has 0 unspecified atom stereocenters. The molecule has 1 aromatic heterocycles. The fourth-order valence-corrected chi connectivity index (χ4v) is 0.723. The van der Waals surface area contributed by atoms with Gasteiger partial charge in [-0.05, 0) is 0 Å². The number of rotatable bonds is 3. The van der Waals surface area contributed by atoms with Crippen LogP contribution in [-0.4, -0.2) is 27.7 Å². The van der Waals surface area contributed by atoms with Crippen molar-refractivity contribution in [2.45, 2.75) is 0 Å². The number of aromatic hydroxyl groups is 2. The first-order valence-corrected chi connectivity index (χ1v) is 3.71. The van der Waals surface area contributed by atoms with Crippen LogP contribution >= 0.6 is 0 Å². The molecule has 0 aliphatic heterocycles. The first-order valence-electron chi connectivity index (χ1n) is 3.71. The van der Waals surface area contributed by atoms with E-state index in [2.05, 4.69) is 16.2 Å². The van der Waals surface area contributed by atoms with Crippen molar-refractivity contribution in [2.75, 3.05) is 6.61 Å². The molecule has 0 aliphatic carbocycles. The number of hydrogen-bond acceptors (Lipinski definition) is 5. The molecule has 1 rings (SSSR count). The van der Waals surface area contributed by atoms with E-state index in [0.29, 0.717) is 4.73 Å². The Morgan fingerprint density at radius 3 is 2.57 bits per heavy atom. The summed E-state index contributed by atoms with van der Waals surface area (Å²) in [5.74, 6) is -0.809. The normalized spacial score (nSPS) is 9.43. The van der Waals surface area contributed by atoms with E-state index in [1.807, 2.05) is 0 Å². The van der Waals surface area contributed by atoms with Gasteiger partial charge in [0.05, 0.1) is 0 Å². The molecule has 1 heterocycles. The molecule has 0 bridgehead atoms. The molecule has 0 amide bonds. The van der Waals surface area contributed by atoms with Gasteiger partial charge in [-0.3, -0.25) is 4.84 Å². The van der Waals surface area contributed by atoms with Crippen molar-refractivity contribution in [3.8, 4) is 11.8 Å². The van der Waals surface area contributed by atoms with E-state index in [1.54, 1.807) is 0 Å². The molecule has 0 saturated heterocycles. The molecule has 0 saturated carbocycles. The van der Waals surface area contributed by atoms with Gasteiger partial charge in [-0.15, -0.1) is 4.73 Å². The Labute approximate surface area is 79.6 Å². The number of nitrogens with zero attached hydrogens (tertiary/aromatic N) is 1. The summed E-state index contributed by atoms with van der Waals surface area (Å²) in [6, 6.07) is 2.33. The summed E-state index contributed by atoms with van der Waals surface area (Å²) < 4.78 is 4.99. The lowest BCUT2D eigenvalue weighted by Gasteiger charge is -2.05. The fourth-order valence-electron chi connectivity index (χ4n) is 0.723. The molecule has 0 aliphatic rings. The monoisotopic (exact) mass is 199 g/mol. The average Bonchev–Trinajstić information content (AvgIpc) is 2.46. The van der Waals surface area contributed by atoms with Crippen LogP contribution in [0.4, 0.5) is 4.79 Å². The maximum Gasteiger partial charge on any atom is 0.534 e. The number of ether oxygens (including phenoxy) is 1. The Hall–Kier alpha value is -2.11. The van der Waals surface area contributed by atoms with Gasteiger partial charge in [-0.2, -0.15) is 0 Å². The zero-order valence-corrected chi connectivity index (χ0v) is 7.21. The van der Waals surface area contributed by atoms with Crippen LogP contribution in [0.2, 0.25) is 0 Å². The van der Waals surface area contributed by atoms with Crippen LogP contribution in [0.25, 0.3) is 0 Å². The van der Waals surface area contributed by atoms with Crippen molar-refractivity contribution in [1.82, 2.24) is 4.73 Å². The van der Waals surface area contributed by atoms with E-state index < -0.39 is 17.9 Å². The van der Waals surface area contributed by atoms with Crippen molar-refractivity contribution >= 4 is 6.16 Å². The summed E-state index contributed by atoms with van der Waals surface area (Å²) in [5.41, 5.74) is 0. The van der Waals surface area contributed by atoms with Gasteiger partial charge in [0.25, 0.3) is 0 Å². The van der Waals surface area contributed by atoms with Crippen molar-refractivity contribution < 1.29 is 24.6 Å². The van der Waals surface area contributed by atoms with Gasteiger partial charge in [0.2, 0.25) is 11.8 Å². The van der Waals surface area contributed by atoms with Gasteiger partial charge >= 0.3 is 6.16 Å². The molecule has 76 valence electrons. The molecule has 6 nitrogen and oxygen atoms in total. The highest BCUT2D eigenvalue weighted by Crippen LogP contribution is 2.18. The third-order valence-corrected chi connectivity index (χ3v) is 1.28. The van der Waals surface area contributed by atoms with E-state index in [4.69, 9.17) is 10.2 Å². The topological polar surface area (TPSA) is 80.9 Å². The number of carbonyl (C=O) groups is 1. The Morgan fingerprint density at radius 2 is 2.07 bits per heavy atom. The van der Waals surface area contributed by atoms with E-state index in [0.717, 1.165) is 12.1 Å². The number of aromatic nitrogens is 1. The predicted octanol–water partition coefficient (Wildman–Crippen LogP) is 0.650. The molecule has 0 spiro atoms. The van der Waals surface area contributed by atoms with Crippen LogP contribution in [0.5, 0.6) is 11.8 Å². The molecule has 6 heteroatoms. The van der Waals surface area contributed by atoms with E-state index in [-0.39, 0.29) is 6.61 Å². The van der Waals surface area contributed by atoms with Crippen LogP contribution in [0.1, 0.15) is 0 Å². The van der Waals surface area contributed by atoms with Gasteiger partial charge in [0.15, 0.2) is 0 Å². The maximum atomic E-state index is 10.8. The van der Waals surface area contributed by atoms with Crippen molar-refractivity contribution in [1.29, 1.82) is 0 Å².